The molecule has 19 heavy (non-hydrogen) atoms. The van der Waals surface area contributed by atoms with Crippen molar-refractivity contribution in [2.45, 2.75) is 12.8 Å². The Morgan fingerprint density at radius 3 is 2.21 bits per heavy atom. The number of hydrogen-bond acceptors (Lipinski definition) is 3. The van der Waals surface area contributed by atoms with Gasteiger partial charge in [-0.25, -0.2) is 0 Å². The van der Waals surface area contributed by atoms with Crippen molar-refractivity contribution in [3.63, 3.8) is 0 Å². The number of aromatic nitrogens is 2. The molecule has 1 unspecified atom stereocenters. The van der Waals surface area contributed by atoms with Crippen LogP contribution in [-0.2, 0) is 0 Å². The van der Waals surface area contributed by atoms with Crippen molar-refractivity contribution in [1.82, 2.24) is 10.1 Å². The Morgan fingerprint density at radius 2 is 1.53 bits per heavy atom. The third-order valence-corrected chi connectivity index (χ3v) is 3.14. The van der Waals surface area contributed by atoms with Gasteiger partial charge in [-0.05, 0) is 12.5 Å². The summed E-state index contributed by atoms with van der Waals surface area (Å²) in [6.07, 6.45) is 0. The molecule has 94 valence electrons. The van der Waals surface area contributed by atoms with E-state index in [4.69, 9.17) is 4.52 Å². The zero-order valence-corrected chi connectivity index (χ0v) is 10.7. The Labute approximate surface area is 111 Å². The van der Waals surface area contributed by atoms with Crippen molar-refractivity contribution < 1.29 is 4.52 Å². The normalized spacial score (nSPS) is 12.3. The topological polar surface area (TPSA) is 38.9 Å². The van der Waals surface area contributed by atoms with Gasteiger partial charge in [-0.1, -0.05) is 65.8 Å². The summed E-state index contributed by atoms with van der Waals surface area (Å²) in [5, 5.41) is 4.05. The van der Waals surface area contributed by atoms with Crippen LogP contribution < -0.4 is 0 Å². The first-order valence-electron chi connectivity index (χ1n) is 6.28. The molecule has 0 amide bonds. The van der Waals surface area contributed by atoms with Crippen molar-refractivity contribution in [2.75, 3.05) is 0 Å². The third-order valence-electron chi connectivity index (χ3n) is 3.14. The molecular formula is C16H14N2O. The van der Waals surface area contributed by atoms with Crippen LogP contribution in [0, 0.1) is 0 Å². The highest BCUT2D eigenvalue weighted by Crippen LogP contribution is 2.24. The van der Waals surface area contributed by atoms with Crippen molar-refractivity contribution in [3.8, 4) is 11.4 Å². The van der Waals surface area contributed by atoms with Crippen LogP contribution in [-0.4, -0.2) is 10.1 Å². The molecule has 0 aliphatic carbocycles. The predicted molar refractivity (Wildman–Crippen MR) is 73.7 cm³/mol. The first-order valence-corrected chi connectivity index (χ1v) is 6.28. The highest BCUT2D eigenvalue weighted by molar-refractivity contribution is 5.53. The summed E-state index contributed by atoms with van der Waals surface area (Å²) in [7, 11) is 0. The first kappa shape index (κ1) is 11.7. The Kier molecular flexibility index (Phi) is 3.11. The molecule has 1 aromatic heterocycles. The maximum Gasteiger partial charge on any atom is 0.234 e. The summed E-state index contributed by atoms with van der Waals surface area (Å²) in [5.74, 6) is 1.38. The van der Waals surface area contributed by atoms with Crippen molar-refractivity contribution in [3.05, 3.63) is 72.1 Å². The van der Waals surface area contributed by atoms with Crippen molar-refractivity contribution >= 4 is 0 Å². The monoisotopic (exact) mass is 250 g/mol. The van der Waals surface area contributed by atoms with E-state index in [0.717, 1.165) is 5.56 Å². The lowest BCUT2D eigenvalue weighted by Crippen LogP contribution is -1.95. The average molecular weight is 250 g/mol. The minimum atomic E-state index is 0.103. The molecular weight excluding hydrogens is 236 g/mol. The summed E-state index contributed by atoms with van der Waals surface area (Å²) in [6.45, 7) is 2.07. The van der Waals surface area contributed by atoms with E-state index < -0.39 is 0 Å². The molecule has 0 aliphatic heterocycles. The Hall–Kier alpha value is -2.42. The molecule has 0 saturated heterocycles. The van der Waals surface area contributed by atoms with Gasteiger partial charge in [0.2, 0.25) is 11.7 Å². The molecule has 1 atom stereocenters. The number of rotatable bonds is 3. The molecule has 3 rings (SSSR count). The Bertz CT molecular complexity index is 647. The van der Waals surface area contributed by atoms with E-state index in [0.29, 0.717) is 11.7 Å². The number of benzene rings is 2. The molecule has 3 nitrogen and oxygen atoms in total. The largest absolute Gasteiger partial charge is 0.338 e. The molecule has 0 bridgehead atoms. The van der Waals surface area contributed by atoms with Crippen LogP contribution in [0.5, 0.6) is 0 Å². The lowest BCUT2D eigenvalue weighted by Gasteiger charge is -2.05. The molecule has 1 heterocycles. The number of hydrogen-bond donors (Lipinski definition) is 0. The van der Waals surface area contributed by atoms with Gasteiger partial charge in [-0.2, -0.15) is 4.98 Å². The zero-order valence-electron chi connectivity index (χ0n) is 10.7. The van der Waals surface area contributed by atoms with Crippen LogP contribution in [0.2, 0.25) is 0 Å². The molecule has 3 heteroatoms. The van der Waals surface area contributed by atoms with E-state index >= 15 is 0 Å². The third kappa shape index (κ3) is 2.40. The van der Waals surface area contributed by atoms with E-state index in [1.54, 1.807) is 0 Å². The molecule has 3 aromatic rings. The lowest BCUT2D eigenvalue weighted by atomic mass is 10.0. The summed E-state index contributed by atoms with van der Waals surface area (Å²) >= 11 is 0. The molecule has 0 N–H and O–H groups in total. The van der Waals surface area contributed by atoms with Gasteiger partial charge in [-0.3, -0.25) is 0 Å². The summed E-state index contributed by atoms with van der Waals surface area (Å²) in [6, 6.07) is 20.0. The van der Waals surface area contributed by atoms with Crippen molar-refractivity contribution in [2.24, 2.45) is 0 Å². The maximum atomic E-state index is 5.37. The molecule has 0 radical (unpaired) electrons. The summed E-state index contributed by atoms with van der Waals surface area (Å²) in [4.78, 5) is 4.48. The fraction of sp³-hybridized carbons (Fsp3) is 0.125. The molecule has 0 aliphatic rings. The summed E-state index contributed by atoms with van der Waals surface area (Å²) < 4.78 is 5.37. The quantitative estimate of drug-likeness (QED) is 0.708. The zero-order chi connectivity index (χ0) is 13.1. The van der Waals surface area contributed by atoms with E-state index in [1.807, 2.05) is 48.5 Å². The second-order valence-corrected chi connectivity index (χ2v) is 4.45. The highest BCUT2D eigenvalue weighted by atomic mass is 16.5. The van der Waals surface area contributed by atoms with Crippen molar-refractivity contribution in [1.29, 1.82) is 0 Å². The second-order valence-electron chi connectivity index (χ2n) is 4.45. The van der Waals surface area contributed by atoms with Crippen LogP contribution in [0.4, 0.5) is 0 Å². The fourth-order valence-corrected chi connectivity index (χ4v) is 2.00. The smallest absolute Gasteiger partial charge is 0.234 e. The fourth-order valence-electron chi connectivity index (χ4n) is 2.00. The second kappa shape index (κ2) is 5.06. The van der Waals surface area contributed by atoms with E-state index in [-0.39, 0.29) is 5.92 Å². The van der Waals surface area contributed by atoms with Crippen LogP contribution in [0.25, 0.3) is 11.4 Å². The van der Waals surface area contributed by atoms with Crippen LogP contribution in [0.1, 0.15) is 24.3 Å². The van der Waals surface area contributed by atoms with E-state index in [1.165, 1.54) is 5.56 Å². The Balaban J connectivity index is 1.90. The van der Waals surface area contributed by atoms with Gasteiger partial charge in [0, 0.05) is 5.56 Å². The van der Waals surface area contributed by atoms with Gasteiger partial charge < -0.3 is 4.52 Å². The average Bonchev–Trinajstić information content (AvgIpc) is 2.98. The lowest BCUT2D eigenvalue weighted by molar-refractivity contribution is 0.371. The minimum absolute atomic E-state index is 0.103. The summed E-state index contributed by atoms with van der Waals surface area (Å²) in [5.41, 5.74) is 2.14. The van der Waals surface area contributed by atoms with Gasteiger partial charge in [-0.15, -0.1) is 0 Å². The highest BCUT2D eigenvalue weighted by Gasteiger charge is 2.16. The molecule has 0 fully saturated rings. The van der Waals surface area contributed by atoms with Gasteiger partial charge in [0.05, 0.1) is 5.92 Å². The van der Waals surface area contributed by atoms with E-state index in [9.17, 15) is 0 Å². The van der Waals surface area contributed by atoms with E-state index in [2.05, 4.69) is 29.2 Å². The Morgan fingerprint density at radius 1 is 0.895 bits per heavy atom. The predicted octanol–water partition coefficient (Wildman–Crippen LogP) is 3.89. The van der Waals surface area contributed by atoms with Gasteiger partial charge in [0.15, 0.2) is 0 Å². The minimum Gasteiger partial charge on any atom is -0.338 e. The molecule has 0 saturated carbocycles. The van der Waals surface area contributed by atoms with Crippen LogP contribution in [0.15, 0.2) is 65.2 Å². The van der Waals surface area contributed by atoms with Gasteiger partial charge >= 0.3 is 0 Å². The molecule has 0 spiro atoms. The SMILES string of the molecule is CC(c1ccccc1)c1nc(-c2ccccc2)no1. The first-order chi connectivity index (χ1) is 9.34. The van der Waals surface area contributed by atoms with Gasteiger partial charge in [0.25, 0.3) is 0 Å². The molecule has 2 aromatic carbocycles. The number of nitrogens with zero attached hydrogens (tertiary/aromatic N) is 2. The van der Waals surface area contributed by atoms with Gasteiger partial charge in [0.1, 0.15) is 0 Å². The standard InChI is InChI=1S/C16H14N2O/c1-12(13-8-4-2-5-9-13)16-17-15(18-19-16)14-10-6-3-7-11-14/h2-12H,1H3. The maximum absolute atomic E-state index is 5.37. The van der Waals surface area contributed by atoms with Crippen LogP contribution in [0.3, 0.4) is 0 Å². The van der Waals surface area contributed by atoms with Crippen LogP contribution >= 0.6 is 0 Å².